The molecule has 0 bridgehead atoms. The lowest BCUT2D eigenvalue weighted by Gasteiger charge is -2.43. The van der Waals surface area contributed by atoms with Crippen LogP contribution in [-0.2, 0) is 0 Å². The molecule has 1 amide bonds. The number of halogens is 1. The molecule has 18 heavy (non-hydrogen) atoms. The van der Waals surface area contributed by atoms with E-state index < -0.39 is 5.82 Å². The number of carbonyl (C=O) groups is 1. The summed E-state index contributed by atoms with van der Waals surface area (Å²) in [6, 6.07) is 6.08. The Morgan fingerprint density at radius 2 is 2.11 bits per heavy atom. The average molecular weight is 250 g/mol. The number of carbonyl (C=O) groups excluding carboxylic acids is 1. The largest absolute Gasteiger partial charge is 0.341 e. The zero-order valence-electron chi connectivity index (χ0n) is 10.7. The normalized spacial score (nSPS) is 17.1. The summed E-state index contributed by atoms with van der Waals surface area (Å²) in [6.45, 7) is 1.19. The summed E-state index contributed by atoms with van der Waals surface area (Å²) in [6.07, 6.45) is 3.27. The molecule has 3 nitrogen and oxygen atoms in total. The van der Waals surface area contributed by atoms with Gasteiger partial charge in [0.15, 0.2) is 0 Å². The quantitative estimate of drug-likeness (QED) is 0.888. The number of nitrogens with two attached hydrogens (primary N) is 1. The molecule has 1 saturated carbocycles. The number of hydrogen-bond donors (Lipinski definition) is 1. The van der Waals surface area contributed by atoms with Crippen LogP contribution >= 0.6 is 0 Å². The van der Waals surface area contributed by atoms with E-state index in [2.05, 4.69) is 0 Å². The molecule has 1 aliphatic carbocycles. The molecule has 0 aliphatic heterocycles. The van der Waals surface area contributed by atoms with Crippen LogP contribution < -0.4 is 5.73 Å². The molecule has 0 saturated heterocycles. The second kappa shape index (κ2) is 5.06. The SMILES string of the molecule is CN(CC1(CN)CCC1)C(=O)c1ccccc1F. The monoisotopic (exact) mass is 250 g/mol. The standard InChI is InChI=1S/C14H19FN2O/c1-17(10-14(9-16)7-4-8-14)13(18)11-5-2-3-6-12(11)15/h2-3,5-6H,4,7-10,16H2,1H3. The van der Waals surface area contributed by atoms with Gasteiger partial charge in [0.25, 0.3) is 5.91 Å². The van der Waals surface area contributed by atoms with Crippen molar-refractivity contribution in [1.82, 2.24) is 4.90 Å². The highest BCUT2D eigenvalue weighted by Gasteiger charge is 2.37. The lowest BCUT2D eigenvalue weighted by molar-refractivity contribution is 0.0564. The third-order valence-electron chi connectivity index (χ3n) is 3.87. The summed E-state index contributed by atoms with van der Waals surface area (Å²) in [5.74, 6) is -0.738. The first-order valence-corrected chi connectivity index (χ1v) is 6.28. The van der Waals surface area contributed by atoms with Gasteiger partial charge in [-0.15, -0.1) is 0 Å². The van der Waals surface area contributed by atoms with Crippen LogP contribution in [0.3, 0.4) is 0 Å². The van der Waals surface area contributed by atoms with Gasteiger partial charge in [0.2, 0.25) is 0 Å². The highest BCUT2D eigenvalue weighted by molar-refractivity contribution is 5.94. The molecule has 0 atom stereocenters. The third-order valence-corrected chi connectivity index (χ3v) is 3.87. The van der Waals surface area contributed by atoms with Crippen molar-refractivity contribution in [3.8, 4) is 0 Å². The zero-order valence-corrected chi connectivity index (χ0v) is 10.7. The number of hydrogen-bond acceptors (Lipinski definition) is 2. The first-order valence-electron chi connectivity index (χ1n) is 6.28. The van der Waals surface area contributed by atoms with Crippen LogP contribution in [0.2, 0.25) is 0 Å². The predicted molar refractivity (Wildman–Crippen MR) is 68.7 cm³/mol. The van der Waals surface area contributed by atoms with E-state index >= 15 is 0 Å². The summed E-state index contributed by atoms with van der Waals surface area (Å²) in [7, 11) is 1.71. The van der Waals surface area contributed by atoms with Crippen LogP contribution in [0.25, 0.3) is 0 Å². The fraction of sp³-hybridized carbons (Fsp3) is 0.500. The zero-order chi connectivity index (χ0) is 13.2. The smallest absolute Gasteiger partial charge is 0.256 e. The Balaban J connectivity index is 2.07. The molecule has 98 valence electrons. The number of nitrogens with zero attached hydrogens (tertiary/aromatic N) is 1. The second-order valence-electron chi connectivity index (χ2n) is 5.20. The Hall–Kier alpha value is -1.42. The van der Waals surface area contributed by atoms with Crippen molar-refractivity contribution in [3.63, 3.8) is 0 Å². The van der Waals surface area contributed by atoms with E-state index in [1.165, 1.54) is 18.6 Å². The van der Waals surface area contributed by atoms with Crippen LogP contribution in [0, 0.1) is 11.2 Å². The van der Waals surface area contributed by atoms with E-state index in [1.807, 2.05) is 0 Å². The molecule has 2 rings (SSSR count). The van der Waals surface area contributed by atoms with Crippen LogP contribution in [0.4, 0.5) is 4.39 Å². The predicted octanol–water partition coefficient (Wildman–Crippen LogP) is 2.03. The van der Waals surface area contributed by atoms with Gasteiger partial charge in [-0.1, -0.05) is 18.6 Å². The number of amides is 1. The van der Waals surface area contributed by atoms with Crippen molar-refractivity contribution in [2.75, 3.05) is 20.1 Å². The molecule has 0 radical (unpaired) electrons. The van der Waals surface area contributed by atoms with Crippen molar-refractivity contribution < 1.29 is 9.18 Å². The van der Waals surface area contributed by atoms with Gasteiger partial charge in [-0.3, -0.25) is 4.79 Å². The molecular formula is C14H19FN2O. The highest BCUT2D eigenvalue weighted by atomic mass is 19.1. The Labute approximate surface area is 107 Å². The first-order chi connectivity index (χ1) is 8.58. The van der Waals surface area contributed by atoms with Gasteiger partial charge in [-0.05, 0) is 31.5 Å². The topological polar surface area (TPSA) is 46.3 Å². The molecule has 0 spiro atoms. The molecule has 1 aromatic rings. The maximum Gasteiger partial charge on any atom is 0.256 e. The van der Waals surface area contributed by atoms with E-state index in [1.54, 1.807) is 24.1 Å². The average Bonchev–Trinajstić information content (AvgIpc) is 2.33. The molecular weight excluding hydrogens is 231 g/mol. The van der Waals surface area contributed by atoms with Crippen molar-refractivity contribution in [2.24, 2.45) is 11.1 Å². The summed E-state index contributed by atoms with van der Waals surface area (Å²) in [5.41, 5.74) is 5.96. The Morgan fingerprint density at radius 1 is 1.44 bits per heavy atom. The van der Waals surface area contributed by atoms with Gasteiger partial charge in [0.1, 0.15) is 5.82 Å². The van der Waals surface area contributed by atoms with Crippen molar-refractivity contribution in [2.45, 2.75) is 19.3 Å². The molecule has 0 unspecified atom stereocenters. The maximum absolute atomic E-state index is 13.5. The van der Waals surface area contributed by atoms with Crippen molar-refractivity contribution in [3.05, 3.63) is 35.6 Å². The summed E-state index contributed by atoms with van der Waals surface area (Å²) < 4.78 is 13.5. The molecule has 1 aliphatic rings. The van der Waals surface area contributed by atoms with E-state index in [-0.39, 0.29) is 16.9 Å². The van der Waals surface area contributed by atoms with E-state index in [4.69, 9.17) is 5.73 Å². The lowest BCUT2D eigenvalue weighted by Crippen LogP contribution is -2.47. The molecule has 2 N–H and O–H groups in total. The van der Waals surface area contributed by atoms with Gasteiger partial charge >= 0.3 is 0 Å². The molecule has 1 fully saturated rings. The fourth-order valence-electron chi connectivity index (χ4n) is 2.52. The van der Waals surface area contributed by atoms with Gasteiger partial charge in [-0.25, -0.2) is 4.39 Å². The summed E-state index contributed by atoms with van der Waals surface area (Å²) >= 11 is 0. The van der Waals surface area contributed by atoms with Crippen LogP contribution in [0.1, 0.15) is 29.6 Å². The molecule has 0 aromatic heterocycles. The van der Waals surface area contributed by atoms with Gasteiger partial charge in [-0.2, -0.15) is 0 Å². The fourth-order valence-corrected chi connectivity index (χ4v) is 2.52. The maximum atomic E-state index is 13.5. The van der Waals surface area contributed by atoms with Gasteiger partial charge in [0.05, 0.1) is 5.56 Å². The third kappa shape index (κ3) is 2.38. The molecule has 4 heteroatoms. The minimum Gasteiger partial charge on any atom is -0.341 e. The first kappa shape index (κ1) is 13.0. The Kier molecular flexibility index (Phi) is 3.66. The van der Waals surface area contributed by atoms with E-state index in [0.29, 0.717) is 13.1 Å². The van der Waals surface area contributed by atoms with Gasteiger partial charge in [0, 0.05) is 19.0 Å². The molecule has 0 heterocycles. The lowest BCUT2D eigenvalue weighted by atomic mass is 9.68. The highest BCUT2D eigenvalue weighted by Crippen LogP contribution is 2.40. The molecule has 1 aromatic carbocycles. The van der Waals surface area contributed by atoms with Crippen LogP contribution in [0.5, 0.6) is 0 Å². The van der Waals surface area contributed by atoms with E-state index in [0.717, 1.165) is 12.8 Å². The summed E-state index contributed by atoms with van der Waals surface area (Å²) in [4.78, 5) is 13.7. The van der Waals surface area contributed by atoms with Gasteiger partial charge < -0.3 is 10.6 Å². The van der Waals surface area contributed by atoms with E-state index in [9.17, 15) is 9.18 Å². The van der Waals surface area contributed by atoms with Crippen LogP contribution in [0.15, 0.2) is 24.3 Å². The van der Waals surface area contributed by atoms with Crippen LogP contribution in [-0.4, -0.2) is 30.9 Å². The minimum absolute atomic E-state index is 0.0513. The summed E-state index contributed by atoms with van der Waals surface area (Å²) in [5, 5.41) is 0. The van der Waals surface area contributed by atoms with Crippen molar-refractivity contribution >= 4 is 5.91 Å². The van der Waals surface area contributed by atoms with Crippen molar-refractivity contribution in [1.29, 1.82) is 0 Å². The second-order valence-corrected chi connectivity index (χ2v) is 5.20. The number of rotatable bonds is 4. The Morgan fingerprint density at radius 3 is 2.61 bits per heavy atom. The minimum atomic E-state index is -0.468. The Bertz CT molecular complexity index is 438. The number of benzene rings is 1.